The minimum Gasteiger partial charge on any atom is -0.325 e. The Balaban J connectivity index is 1.57. The van der Waals surface area contributed by atoms with Crippen LogP contribution in [0.5, 0.6) is 0 Å². The fourth-order valence-electron chi connectivity index (χ4n) is 3.24. The third kappa shape index (κ3) is 5.15. The Bertz CT molecular complexity index is 1000. The van der Waals surface area contributed by atoms with E-state index in [0.29, 0.717) is 13.1 Å². The highest BCUT2D eigenvalue weighted by Gasteiger charge is 2.34. The van der Waals surface area contributed by atoms with Gasteiger partial charge in [-0.15, -0.1) is 0 Å². The van der Waals surface area contributed by atoms with Crippen molar-refractivity contribution in [3.63, 3.8) is 0 Å². The van der Waals surface area contributed by atoms with E-state index in [-0.39, 0.29) is 30.2 Å². The standard InChI is InChI=1S/C19H19F4N3O3S/c20-14-5-7-15(8-6-14)30(28,29)26-11-9-25(10-12-26)13-18(27)24-17-4-2-1-3-16(17)19(21,22)23/h1-8H,9-13H2,(H,24,27)/p+1. The van der Waals surface area contributed by atoms with Crippen LogP contribution in [0.25, 0.3) is 0 Å². The number of rotatable bonds is 5. The van der Waals surface area contributed by atoms with Gasteiger partial charge in [0.15, 0.2) is 6.54 Å². The second-order valence-corrected chi connectivity index (χ2v) is 8.81. The van der Waals surface area contributed by atoms with Gasteiger partial charge < -0.3 is 10.2 Å². The van der Waals surface area contributed by atoms with Crippen molar-refractivity contribution in [3.8, 4) is 0 Å². The number of carbonyl (C=O) groups excluding carboxylic acids is 1. The Kier molecular flexibility index (Phi) is 6.44. The second-order valence-electron chi connectivity index (χ2n) is 6.88. The lowest BCUT2D eigenvalue weighted by Crippen LogP contribution is -3.15. The maximum absolute atomic E-state index is 13.0. The van der Waals surface area contributed by atoms with Gasteiger partial charge in [0.05, 0.1) is 42.3 Å². The summed E-state index contributed by atoms with van der Waals surface area (Å²) in [4.78, 5) is 13.0. The third-order valence-electron chi connectivity index (χ3n) is 4.80. The lowest BCUT2D eigenvalue weighted by atomic mass is 10.1. The van der Waals surface area contributed by atoms with E-state index in [2.05, 4.69) is 5.32 Å². The first-order valence-electron chi connectivity index (χ1n) is 9.13. The van der Waals surface area contributed by atoms with Crippen molar-refractivity contribution in [2.24, 2.45) is 0 Å². The van der Waals surface area contributed by atoms with Crippen LogP contribution >= 0.6 is 0 Å². The molecule has 0 unspecified atom stereocenters. The van der Waals surface area contributed by atoms with E-state index in [4.69, 9.17) is 0 Å². The molecule has 6 nitrogen and oxygen atoms in total. The molecular weight excluding hydrogens is 426 g/mol. The van der Waals surface area contributed by atoms with E-state index in [9.17, 15) is 30.8 Å². The number of nitrogens with one attached hydrogen (secondary N) is 2. The van der Waals surface area contributed by atoms with Crippen LogP contribution in [-0.4, -0.2) is 51.4 Å². The molecule has 1 fully saturated rings. The lowest BCUT2D eigenvalue weighted by molar-refractivity contribution is -0.895. The number of hydrogen-bond donors (Lipinski definition) is 2. The third-order valence-corrected chi connectivity index (χ3v) is 6.71. The number of nitrogens with zero attached hydrogens (tertiary/aromatic N) is 1. The van der Waals surface area contributed by atoms with Crippen LogP contribution < -0.4 is 10.2 Å². The molecule has 2 aromatic carbocycles. The zero-order chi connectivity index (χ0) is 21.9. The van der Waals surface area contributed by atoms with Crippen molar-refractivity contribution in [1.29, 1.82) is 0 Å². The number of sulfonamides is 1. The summed E-state index contributed by atoms with van der Waals surface area (Å²) < 4.78 is 78.6. The van der Waals surface area contributed by atoms with Crippen molar-refractivity contribution in [2.75, 3.05) is 38.0 Å². The van der Waals surface area contributed by atoms with Gasteiger partial charge in [0, 0.05) is 0 Å². The van der Waals surface area contributed by atoms with Crippen LogP contribution in [0.4, 0.5) is 23.2 Å². The minimum absolute atomic E-state index is 0.0196. The number of halogens is 4. The van der Waals surface area contributed by atoms with E-state index in [1.807, 2.05) is 0 Å². The van der Waals surface area contributed by atoms with E-state index in [1.54, 1.807) is 0 Å². The maximum Gasteiger partial charge on any atom is 0.418 e. The number of carbonyl (C=O) groups is 1. The summed E-state index contributed by atoms with van der Waals surface area (Å²) in [5, 5.41) is 2.29. The molecule has 1 amide bonds. The monoisotopic (exact) mass is 446 g/mol. The van der Waals surface area contributed by atoms with Crippen molar-refractivity contribution in [3.05, 3.63) is 59.9 Å². The number of piperazine rings is 1. The summed E-state index contributed by atoms with van der Waals surface area (Å²) in [5.74, 6) is -1.13. The summed E-state index contributed by atoms with van der Waals surface area (Å²) in [7, 11) is -3.77. The van der Waals surface area contributed by atoms with Gasteiger partial charge in [0.25, 0.3) is 5.91 Å². The Labute approximate surface area is 171 Å². The van der Waals surface area contributed by atoms with Gasteiger partial charge in [-0.25, -0.2) is 12.8 Å². The average Bonchev–Trinajstić information content (AvgIpc) is 2.68. The first-order valence-corrected chi connectivity index (χ1v) is 10.6. The van der Waals surface area contributed by atoms with Gasteiger partial charge in [-0.3, -0.25) is 4.79 Å². The molecule has 30 heavy (non-hydrogen) atoms. The molecule has 0 saturated carbocycles. The average molecular weight is 446 g/mol. The largest absolute Gasteiger partial charge is 0.418 e. The molecule has 0 bridgehead atoms. The van der Waals surface area contributed by atoms with Crippen LogP contribution in [0, 0.1) is 5.82 Å². The maximum atomic E-state index is 13.0. The molecule has 0 aromatic heterocycles. The Hall–Kier alpha value is -2.50. The number of hydrogen-bond acceptors (Lipinski definition) is 3. The molecule has 0 atom stereocenters. The molecule has 3 rings (SSSR count). The summed E-state index contributed by atoms with van der Waals surface area (Å²) >= 11 is 0. The van der Waals surface area contributed by atoms with Gasteiger partial charge in [0.2, 0.25) is 10.0 Å². The Morgan fingerprint density at radius 3 is 2.23 bits per heavy atom. The summed E-state index contributed by atoms with van der Waals surface area (Å²) in [6.45, 7) is 0.822. The molecule has 1 aliphatic heterocycles. The van der Waals surface area contributed by atoms with Crippen LogP contribution in [0.3, 0.4) is 0 Å². The summed E-state index contributed by atoms with van der Waals surface area (Å²) in [6, 6.07) is 9.23. The molecule has 1 saturated heterocycles. The van der Waals surface area contributed by atoms with Gasteiger partial charge >= 0.3 is 6.18 Å². The fraction of sp³-hybridized carbons (Fsp3) is 0.316. The molecule has 0 spiro atoms. The number of quaternary nitrogens is 1. The van der Waals surface area contributed by atoms with E-state index >= 15 is 0 Å². The van der Waals surface area contributed by atoms with Gasteiger partial charge in [-0.05, 0) is 36.4 Å². The van der Waals surface area contributed by atoms with Crippen LogP contribution in [0.2, 0.25) is 0 Å². The van der Waals surface area contributed by atoms with E-state index in [1.165, 1.54) is 34.6 Å². The summed E-state index contributed by atoms with van der Waals surface area (Å²) in [5.41, 5.74) is -1.24. The molecule has 0 radical (unpaired) electrons. The minimum atomic E-state index is -4.59. The first kappa shape index (κ1) is 22.2. The molecule has 2 N–H and O–H groups in total. The van der Waals surface area contributed by atoms with Gasteiger partial charge in [-0.2, -0.15) is 17.5 Å². The zero-order valence-electron chi connectivity index (χ0n) is 15.7. The van der Waals surface area contributed by atoms with Crippen molar-refractivity contribution in [1.82, 2.24) is 4.31 Å². The molecule has 1 aliphatic rings. The van der Waals surface area contributed by atoms with E-state index in [0.717, 1.165) is 23.1 Å². The predicted molar refractivity (Wildman–Crippen MR) is 101 cm³/mol. The van der Waals surface area contributed by atoms with Gasteiger partial charge in [0.1, 0.15) is 5.82 Å². The molecular formula is C19H20F4N3O3S+. The normalized spacial score (nSPS) is 16.4. The number of anilines is 1. The smallest absolute Gasteiger partial charge is 0.325 e. The highest BCUT2D eigenvalue weighted by atomic mass is 32.2. The van der Waals surface area contributed by atoms with Crippen LogP contribution in [-0.2, 0) is 21.0 Å². The molecule has 0 aliphatic carbocycles. The first-order chi connectivity index (χ1) is 14.1. The Morgan fingerprint density at radius 1 is 1.03 bits per heavy atom. The predicted octanol–water partition coefficient (Wildman–Crippen LogP) is 1.37. The quantitative estimate of drug-likeness (QED) is 0.682. The van der Waals surface area contributed by atoms with Crippen molar-refractivity contribution < 1.29 is 35.7 Å². The zero-order valence-corrected chi connectivity index (χ0v) is 16.6. The van der Waals surface area contributed by atoms with E-state index < -0.39 is 33.5 Å². The second kappa shape index (κ2) is 8.70. The number of amides is 1. The molecule has 11 heteroatoms. The topological polar surface area (TPSA) is 70.9 Å². The SMILES string of the molecule is O=C(C[NH+]1CCN(S(=O)(=O)c2ccc(F)cc2)CC1)Nc1ccccc1C(F)(F)F. The highest BCUT2D eigenvalue weighted by molar-refractivity contribution is 7.89. The number of benzene rings is 2. The Morgan fingerprint density at radius 2 is 1.63 bits per heavy atom. The number of alkyl halides is 3. The fourth-order valence-corrected chi connectivity index (χ4v) is 4.68. The molecule has 162 valence electrons. The molecule has 2 aromatic rings. The molecule has 1 heterocycles. The van der Waals surface area contributed by atoms with Gasteiger partial charge in [-0.1, -0.05) is 12.1 Å². The van der Waals surface area contributed by atoms with Crippen molar-refractivity contribution >= 4 is 21.6 Å². The lowest BCUT2D eigenvalue weighted by Gasteiger charge is -2.31. The highest BCUT2D eigenvalue weighted by Crippen LogP contribution is 2.34. The summed E-state index contributed by atoms with van der Waals surface area (Å²) in [6.07, 6.45) is -4.59. The van der Waals surface area contributed by atoms with Crippen molar-refractivity contribution in [2.45, 2.75) is 11.1 Å². The van der Waals surface area contributed by atoms with Crippen LogP contribution in [0.1, 0.15) is 5.56 Å². The van der Waals surface area contributed by atoms with Crippen LogP contribution in [0.15, 0.2) is 53.4 Å². The number of para-hydroxylation sites is 1.